The molecule has 4 nitrogen and oxygen atoms in total. The predicted molar refractivity (Wildman–Crippen MR) is 79.5 cm³/mol. The van der Waals surface area contributed by atoms with Gasteiger partial charge in [-0.25, -0.2) is 0 Å². The van der Waals surface area contributed by atoms with E-state index in [1.807, 2.05) is 32.2 Å². The van der Waals surface area contributed by atoms with E-state index in [1.54, 1.807) is 0 Å². The molecular formula is C15H21NO3S. The largest absolute Gasteiger partial charge is 0.492 e. The first-order chi connectivity index (χ1) is 9.72. The summed E-state index contributed by atoms with van der Waals surface area (Å²) < 4.78 is 24.3. The summed E-state index contributed by atoms with van der Waals surface area (Å²) in [5.74, 6) is 0.899. The topological polar surface area (TPSA) is 47.6 Å². The molecule has 0 saturated carbocycles. The fraction of sp³-hybridized carbons (Fsp3) is 0.600. The molecule has 2 heterocycles. The number of ether oxygens (including phenoxy) is 2. The molecule has 1 aromatic carbocycles. The molecule has 110 valence electrons. The highest BCUT2D eigenvalue weighted by atomic mass is 32.2. The van der Waals surface area contributed by atoms with Crippen LogP contribution in [0.5, 0.6) is 5.75 Å². The van der Waals surface area contributed by atoms with Crippen molar-refractivity contribution in [2.75, 3.05) is 20.3 Å². The van der Waals surface area contributed by atoms with Crippen LogP contribution in [-0.2, 0) is 15.5 Å². The Morgan fingerprint density at radius 3 is 2.80 bits per heavy atom. The number of fused-ring (bicyclic) bond motifs is 1. The molecule has 2 aliphatic heterocycles. The molecule has 0 radical (unpaired) electrons. The third-order valence-corrected chi connectivity index (χ3v) is 6.46. The smallest absolute Gasteiger partial charge is 0.124 e. The Balaban J connectivity index is 1.85. The lowest BCUT2D eigenvalue weighted by Crippen LogP contribution is -2.44. The van der Waals surface area contributed by atoms with Crippen molar-refractivity contribution < 1.29 is 13.7 Å². The monoisotopic (exact) mass is 295 g/mol. The Morgan fingerprint density at radius 1 is 1.30 bits per heavy atom. The summed E-state index contributed by atoms with van der Waals surface area (Å²) in [7, 11) is 0.961. The normalized spacial score (nSPS) is 34.3. The van der Waals surface area contributed by atoms with Crippen molar-refractivity contribution in [2.45, 2.75) is 36.0 Å². The van der Waals surface area contributed by atoms with Crippen molar-refractivity contribution in [3.8, 4) is 5.75 Å². The third-order valence-electron chi connectivity index (χ3n) is 4.24. The average molecular weight is 295 g/mol. The highest BCUT2D eigenvalue weighted by molar-refractivity contribution is 7.86. The molecule has 5 unspecified atom stereocenters. The summed E-state index contributed by atoms with van der Waals surface area (Å²) in [6.45, 7) is 3.23. The van der Waals surface area contributed by atoms with E-state index in [4.69, 9.17) is 9.47 Å². The van der Waals surface area contributed by atoms with E-state index in [0.717, 1.165) is 17.7 Å². The molecule has 2 aliphatic rings. The number of nitrogens with one attached hydrogen (secondary N) is 1. The van der Waals surface area contributed by atoms with Crippen molar-refractivity contribution in [3.05, 3.63) is 29.8 Å². The van der Waals surface area contributed by atoms with Gasteiger partial charge in [0.1, 0.15) is 12.4 Å². The van der Waals surface area contributed by atoms with Crippen molar-refractivity contribution >= 4 is 10.8 Å². The number of rotatable bonds is 3. The lowest BCUT2D eigenvalue weighted by Gasteiger charge is -2.34. The molecule has 5 heteroatoms. The van der Waals surface area contributed by atoms with Gasteiger partial charge >= 0.3 is 0 Å². The summed E-state index contributed by atoms with van der Waals surface area (Å²) in [4.78, 5) is 0. The van der Waals surface area contributed by atoms with Crippen molar-refractivity contribution in [2.24, 2.45) is 0 Å². The minimum atomic E-state index is -0.962. The molecule has 3 rings (SSSR count). The molecule has 1 fully saturated rings. The molecule has 0 aromatic heterocycles. The Kier molecular flexibility index (Phi) is 4.10. The fourth-order valence-corrected chi connectivity index (χ4v) is 5.11. The van der Waals surface area contributed by atoms with Crippen LogP contribution >= 0.6 is 0 Å². The summed E-state index contributed by atoms with van der Waals surface area (Å²) in [6, 6.07) is 8.07. The molecule has 5 atom stereocenters. The first kappa shape index (κ1) is 14.0. The maximum absolute atomic E-state index is 12.9. The van der Waals surface area contributed by atoms with Gasteiger partial charge < -0.3 is 14.8 Å². The van der Waals surface area contributed by atoms with E-state index < -0.39 is 10.8 Å². The van der Waals surface area contributed by atoms with E-state index in [9.17, 15) is 4.21 Å². The maximum atomic E-state index is 12.9. The number of hydrogen-bond donors (Lipinski definition) is 1. The number of para-hydroxylation sites is 1. The molecule has 1 saturated heterocycles. The number of benzene rings is 1. The van der Waals surface area contributed by atoms with Gasteiger partial charge in [0.05, 0.1) is 22.6 Å². The van der Waals surface area contributed by atoms with Gasteiger partial charge in [0.25, 0.3) is 0 Å². The van der Waals surface area contributed by atoms with E-state index in [0.29, 0.717) is 13.2 Å². The molecule has 0 bridgehead atoms. The van der Waals surface area contributed by atoms with Gasteiger partial charge in [-0.1, -0.05) is 18.2 Å². The highest BCUT2D eigenvalue weighted by Crippen LogP contribution is 2.36. The fourth-order valence-electron chi connectivity index (χ4n) is 3.12. The van der Waals surface area contributed by atoms with Crippen LogP contribution in [0.15, 0.2) is 24.3 Å². The second-order valence-electron chi connectivity index (χ2n) is 5.39. The average Bonchev–Trinajstić information content (AvgIpc) is 2.91. The van der Waals surface area contributed by atoms with E-state index in [2.05, 4.69) is 11.4 Å². The Hall–Kier alpha value is -0.910. The second kappa shape index (κ2) is 5.84. The second-order valence-corrected chi connectivity index (χ2v) is 7.25. The molecule has 0 spiro atoms. The molecule has 1 N–H and O–H groups in total. The summed E-state index contributed by atoms with van der Waals surface area (Å²) >= 11 is 0. The summed E-state index contributed by atoms with van der Waals surface area (Å²) in [6.07, 6.45) is 0.952. The lowest BCUT2D eigenvalue weighted by atomic mass is 10.0. The van der Waals surface area contributed by atoms with Gasteiger partial charge in [-0.05, 0) is 26.5 Å². The molecule has 0 amide bonds. The Labute approximate surface area is 122 Å². The van der Waals surface area contributed by atoms with Crippen LogP contribution in [0.1, 0.15) is 24.9 Å². The molecule has 20 heavy (non-hydrogen) atoms. The Morgan fingerprint density at radius 2 is 2.10 bits per heavy atom. The minimum Gasteiger partial charge on any atom is -0.492 e. The van der Waals surface area contributed by atoms with Gasteiger partial charge in [0.2, 0.25) is 0 Å². The van der Waals surface area contributed by atoms with Crippen LogP contribution in [0.4, 0.5) is 0 Å². The van der Waals surface area contributed by atoms with E-state index in [1.165, 1.54) is 0 Å². The standard InChI is InChI=1S/C15H21NO3S/c1-10-13(7-8-18-10)20(17)14-9-19-12-6-4-3-5-11(12)15(14)16-2/h3-6,10,13-16H,7-9H2,1-2H3. The van der Waals surface area contributed by atoms with Crippen LogP contribution in [0.25, 0.3) is 0 Å². The van der Waals surface area contributed by atoms with Crippen molar-refractivity contribution in [1.29, 1.82) is 0 Å². The molecular weight excluding hydrogens is 274 g/mol. The molecule has 1 aromatic rings. The predicted octanol–water partition coefficient (Wildman–Crippen LogP) is 1.63. The van der Waals surface area contributed by atoms with Gasteiger partial charge in [-0.3, -0.25) is 4.21 Å². The van der Waals surface area contributed by atoms with E-state index in [-0.39, 0.29) is 22.6 Å². The maximum Gasteiger partial charge on any atom is 0.124 e. The zero-order chi connectivity index (χ0) is 14.1. The number of hydrogen-bond acceptors (Lipinski definition) is 4. The van der Waals surface area contributed by atoms with Gasteiger partial charge in [-0.2, -0.15) is 0 Å². The lowest BCUT2D eigenvalue weighted by molar-refractivity contribution is 0.126. The third kappa shape index (κ3) is 2.38. The van der Waals surface area contributed by atoms with Crippen LogP contribution in [0.3, 0.4) is 0 Å². The van der Waals surface area contributed by atoms with Crippen LogP contribution in [0, 0.1) is 0 Å². The SMILES string of the molecule is CNC1c2ccccc2OCC1S(=O)C1CCOC1C. The van der Waals surface area contributed by atoms with E-state index >= 15 is 0 Å². The van der Waals surface area contributed by atoms with Crippen LogP contribution in [0.2, 0.25) is 0 Å². The first-order valence-electron chi connectivity index (χ1n) is 7.12. The first-order valence-corrected chi connectivity index (χ1v) is 8.40. The summed E-state index contributed by atoms with van der Waals surface area (Å²) in [5, 5.41) is 3.41. The van der Waals surface area contributed by atoms with Gasteiger partial charge in [-0.15, -0.1) is 0 Å². The Bertz CT molecular complexity index is 508. The molecule has 0 aliphatic carbocycles. The zero-order valence-electron chi connectivity index (χ0n) is 11.9. The van der Waals surface area contributed by atoms with Crippen molar-refractivity contribution in [3.63, 3.8) is 0 Å². The van der Waals surface area contributed by atoms with Crippen LogP contribution in [-0.4, -0.2) is 41.1 Å². The van der Waals surface area contributed by atoms with Gasteiger partial charge in [0.15, 0.2) is 0 Å². The van der Waals surface area contributed by atoms with Crippen LogP contribution < -0.4 is 10.1 Å². The zero-order valence-corrected chi connectivity index (χ0v) is 12.7. The van der Waals surface area contributed by atoms with Gasteiger partial charge in [0, 0.05) is 23.0 Å². The minimum absolute atomic E-state index is 0.0240. The summed E-state index contributed by atoms with van der Waals surface area (Å²) in [5.41, 5.74) is 1.10. The quantitative estimate of drug-likeness (QED) is 0.921. The highest BCUT2D eigenvalue weighted by Gasteiger charge is 2.40. The van der Waals surface area contributed by atoms with Crippen molar-refractivity contribution in [1.82, 2.24) is 5.32 Å².